The van der Waals surface area contributed by atoms with Gasteiger partial charge in [-0.05, 0) is 80.9 Å². The first-order valence-electron chi connectivity index (χ1n) is 11.6. The average molecular weight is 505 g/mol. The van der Waals surface area contributed by atoms with Gasteiger partial charge in [0.15, 0.2) is 0 Å². The molecule has 2 aromatic rings. The van der Waals surface area contributed by atoms with Gasteiger partial charge in [0.25, 0.3) is 0 Å². The molecule has 6 nitrogen and oxygen atoms in total. The smallest absolute Gasteiger partial charge is 0.408 e. The number of rotatable bonds is 8. The molecule has 0 saturated carbocycles. The van der Waals surface area contributed by atoms with E-state index in [1.54, 1.807) is 32.5 Å². The molecule has 34 heavy (non-hydrogen) atoms. The minimum absolute atomic E-state index is 0.0769. The maximum atomic E-state index is 13.2. The summed E-state index contributed by atoms with van der Waals surface area (Å²) in [6.07, 6.45) is 1.87. The van der Waals surface area contributed by atoms with E-state index in [0.29, 0.717) is 12.1 Å². The van der Waals surface area contributed by atoms with Gasteiger partial charge in [0.05, 0.1) is 0 Å². The number of alkyl carbamates (subject to hydrolysis) is 1. The molecule has 0 aliphatic rings. The SMILES string of the molecule is CSCC[C@H](NC(=O)OC(C)(C)C)C(=O)Nc1cccc2ccc(O[Si](C)(C)C(C)(C)C)cc12. The van der Waals surface area contributed by atoms with Crippen molar-refractivity contribution in [2.24, 2.45) is 0 Å². The predicted molar refractivity (Wildman–Crippen MR) is 147 cm³/mol. The van der Waals surface area contributed by atoms with Gasteiger partial charge >= 0.3 is 6.09 Å². The van der Waals surface area contributed by atoms with E-state index in [-0.39, 0.29) is 10.9 Å². The first-order chi connectivity index (χ1) is 15.6. The zero-order chi connectivity index (χ0) is 25.7. The summed E-state index contributed by atoms with van der Waals surface area (Å²) < 4.78 is 11.8. The number of ether oxygens (including phenoxy) is 1. The first-order valence-corrected chi connectivity index (χ1v) is 15.9. The van der Waals surface area contributed by atoms with E-state index in [1.807, 2.05) is 42.7 Å². The van der Waals surface area contributed by atoms with Gasteiger partial charge in [0, 0.05) is 11.1 Å². The minimum atomic E-state index is -2.00. The Morgan fingerprint density at radius 2 is 1.74 bits per heavy atom. The van der Waals surface area contributed by atoms with Crippen LogP contribution in [0.4, 0.5) is 10.5 Å². The quantitative estimate of drug-likeness (QED) is 0.386. The minimum Gasteiger partial charge on any atom is -0.543 e. The van der Waals surface area contributed by atoms with E-state index < -0.39 is 26.1 Å². The van der Waals surface area contributed by atoms with Crippen LogP contribution in [0.15, 0.2) is 36.4 Å². The number of benzene rings is 2. The number of amides is 2. The third-order valence-corrected chi connectivity index (χ3v) is 10.9. The number of carbonyl (C=O) groups is 2. The number of nitrogens with one attached hydrogen (secondary N) is 2. The van der Waals surface area contributed by atoms with Crippen LogP contribution in [-0.4, -0.2) is 44.0 Å². The average Bonchev–Trinajstić information content (AvgIpc) is 2.69. The van der Waals surface area contributed by atoms with Crippen LogP contribution in [0.1, 0.15) is 48.0 Å². The zero-order valence-corrected chi connectivity index (χ0v) is 23.8. The Balaban J connectivity index is 2.29. The van der Waals surface area contributed by atoms with Crippen molar-refractivity contribution in [3.63, 3.8) is 0 Å². The van der Waals surface area contributed by atoms with Crippen LogP contribution < -0.4 is 15.1 Å². The second kappa shape index (κ2) is 11.0. The van der Waals surface area contributed by atoms with Crippen molar-refractivity contribution in [2.75, 3.05) is 17.3 Å². The molecule has 2 N–H and O–H groups in total. The molecule has 0 radical (unpaired) electrons. The molecule has 2 rings (SSSR count). The highest BCUT2D eigenvalue weighted by molar-refractivity contribution is 7.98. The van der Waals surface area contributed by atoms with Gasteiger partial charge in [-0.2, -0.15) is 11.8 Å². The lowest BCUT2D eigenvalue weighted by Crippen LogP contribution is -2.46. The van der Waals surface area contributed by atoms with Crippen LogP contribution in [0, 0.1) is 0 Å². The van der Waals surface area contributed by atoms with Crippen LogP contribution in [0.2, 0.25) is 18.1 Å². The van der Waals surface area contributed by atoms with Crippen molar-refractivity contribution in [3.05, 3.63) is 36.4 Å². The maximum absolute atomic E-state index is 13.2. The van der Waals surface area contributed by atoms with E-state index >= 15 is 0 Å². The molecule has 0 aliphatic carbocycles. The monoisotopic (exact) mass is 504 g/mol. The molecule has 0 aliphatic heterocycles. The molecule has 0 heterocycles. The van der Waals surface area contributed by atoms with Gasteiger partial charge in [0.2, 0.25) is 14.2 Å². The van der Waals surface area contributed by atoms with Crippen LogP contribution in [0.25, 0.3) is 10.8 Å². The molecular formula is C26H40N2O4SSi. The Morgan fingerprint density at radius 3 is 2.32 bits per heavy atom. The normalized spacial score (nSPS) is 13.3. The number of thioether (sulfide) groups is 1. The Kier molecular flexibility index (Phi) is 9.10. The highest BCUT2D eigenvalue weighted by Gasteiger charge is 2.39. The van der Waals surface area contributed by atoms with Crippen LogP contribution >= 0.6 is 11.8 Å². The summed E-state index contributed by atoms with van der Waals surface area (Å²) >= 11 is 1.62. The van der Waals surface area contributed by atoms with E-state index in [2.05, 4.69) is 44.5 Å². The van der Waals surface area contributed by atoms with E-state index in [9.17, 15) is 9.59 Å². The molecule has 188 valence electrons. The third-order valence-electron chi connectivity index (χ3n) is 5.91. The fourth-order valence-corrected chi connectivity index (χ4v) is 4.54. The van der Waals surface area contributed by atoms with Crippen molar-refractivity contribution in [1.29, 1.82) is 0 Å². The summed E-state index contributed by atoms with van der Waals surface area (Å²) in [4.78, 5) is 25.5. The molecule has 8 heteroatoms. The molecule has 0 bridgehead atoms. The third kappa shape index (κ3) is 7.94. The number of carbonyl (C=O) groups excluding carboxylic acids is 2. The topological polar surface area (TPSA) is 76.7 Å². The largest absolute Gasteiger partial charge is 0.543 e. The van der Waals surface area contributed by atoms with Gasteiger partial charge in [-0.3, -0.25) is 4.79 Å². The Bertz CT molecular complexity index is 1010. The van der Waals surface area contributed by atoms with E-state index in [1.165, 1.54) is 0 Å². The summed E-state index contributed by atoms with van der Waals surface area (Å²) in [7, 11) is -2.00. The highest BCUT2D eigenvalue weighted by Crippen LogP contribution is 2.38. The second-order valence-corrected chi connectivity index (χ2v) is 16.7. The van der Waals surface area contributed by atoms with Crippen molar-refractivity contribution in [2.45, 2.75) is 77.7 Å². The number of hydrogen-bond donors (Lipinski definition) is 2. The summed E-state index contributed by atoms with van der Waals surface area (Å²) in [5, 5.41) is 7.72. The Morgan fingerprint density at radius 1 is 1.06 bits per heavy atom. The number of fused-ring (bicyclic) bond motifs is 1. The molecule has 0 saturated heterocycles. The fraction of sp³-hybridized carbons (Fsp3) is 0.538. The van der Waals surface area contributed by atoms with Gasteiger partial charge in [-0.15, -0.1) is 0 Å². The molecule has 2 aromatic carbocycles. The second-order valence-electron chi connectivity index (χ2n) is 11.0. The summed E-state index contributed by atoms with van der Waals surface area (Å²) in [6.45, 7) is 16.4. The lowest BCUT2D eigenvalue weighted by atomic mass is 10.1. The summed E-state index contributed by atoms with van der Waals surface area (Å²) in [5.41, 5.74) is 0.0455. The first kappa shape index (κ1) is 28.0. The van der Waals surface area contributed by atoms with Gasteiger partial charge in [-0.1, -0.05) is 39.0 Å². The van der Waals surface area contributed by atoms with E-state index in [0.717, 1.165) is 22.3 Å². The lowest BCUT2D eigenvalue weighted by molar-refractivity contribution is -0.118. The molecule has 0 unspecified atom stereocenters. The Labute approximate surface area is 209 Å². The maximum Gasteiger partial charge on any atom is 0.408 e. The Hall–Kier alpha value is -2.19. The molecule has 1 atom stereocenters. The molecule has 2 amide bonds. The van der Waals surface area contributed by atoms with Crippen molar-refractivity contribution in [3.8, 4) is 5.75 Å². The van der Waals surface area contributed by atoms with Gasteiger partial charge in [-0.25, -0.2) is 4.79 Å². The van der Waals surface area contributed by atoms with Crippen LogP contribution in [-0.2, 0) is 9.53 Å². The zero-order valence-electron chi connectivity index (χ0n) is 22.0. The summed E-state index contributed by atoms with van der Waals surface area (Å²) in [6, 6.07) is 11.1. The van der Waals surface area contributed by atoms with Crippen LogP contribution in [0.5, 0.6) is 5.75 Å². The molecule has 0 spiro atoms. The lowest BCUT2D eigenvalue weighted by Gasteiger charge is -2.36. The highest BCUT2D eigenvalue weighted by atomic mass is 32.2. The van der Waals surface area contributed by atoms with Gasteiger partial charge in [0.1, 0.15) is 17.4 Å². The number of anilines is 1. The van der Waals surface area contributed by atoms with Crippen molar-refractivity contribution in [1.82, 2.24) is 5.32 Å². The van der Waals surface area contributed by atoms with E-state index in [4.69, 9.17) is 9.16 Å². The fourth-order valence-electron chi connectivity index (χ4n) is 3.05. The molecule has 0 fully saturated rings. The summed E-state index contributed by atoms with van der Waals surface area (Å²) in [5.74, 6) is 1.25. The standard InChI is InChI=1S/C26H40N2O4SSi/c1-25(2,3)31-24(30)28-22(15-16-33-7)23(29)27-21-12-10-11-18-13-14-19(17-20(18)21)32-34(8,9)26(4,5)6/h10-14,17,22H,15-16H2,1-9H3,(H,27,29)(H,28,30)/t22-/m0/s1. The van der Waals surface area contributed by atoms with Crippen LogP contribution in [0.3, 0.4) is 0 Å². The molecule has 0 aromatic heterocycles. The number of hydrogen-bond acceptors (Lipinski definition) is 5. The van der Waals surface area contributed by atoms with Crippen molar-refractivity contribution >= 4 is 48.5 Å². The molecular weight excluding hydrogens is 464 g/mol. The van der Waals surface area contributed by atoms with Gasteiger partial charge < -0.3 is 19.8 Å². The van der Waals surface area contributed by atoms with Crippen molar-refractivity contribution < 1.29 is 18.8 Å². The predicted octanol–water partition coefficient (Wildman–Crippen LogP) is 6.81.